The van der Waals surface area contributed by atoms with Gasteiger partial charge < -0.3 is 14.5 Å². The second kappa shape index (κ2) is 6.33. The van der Waals surface area contributed by atoms with Crippen LogP contribution < -0.4 is 5.32 Å². The van der Waals surface area contributed by atoms with E-state index in [9.17, 15) is 0 Å². The molecule has 0 aliphatic heterocycles. The summed E-state index contributed by atoms with van der Waals surface area (Å²) >= 11 is 0. The van der Waals surface area contributed by atoms with Gasteiger partial charge in [0.2, 0.25) is 5.89 Å². The molecule has 0 unspecified atom stereocenters. The van der Waals surface area contributed by atoms with E-state index in [0.717, 1.165) is 17.9 Å². The van der Waals surface area contributed by atoms with Crippen LogP contribution in [-0.4, -0.2) is 25.2 Å². The zero-order valence-corrected chi connectivity index (χ0v) is 10.8. The molecule has 0 atom stereocenters. The van der Waals surface area contributed by atoms with E-state index in [4.69, 9.17) is 9.15 Å². The van der Waals surface area contributed by atoms with E-state index in [2.05, 4.69) is 29.4 Å². The molecule has 1 N–H and O–H groups in total. The largest absolute Gasteiger partial charge is 0.439 e. The zero-order chi connectivity index (χ0) is 12.8. The van der Waals surface area contributed by atoms with Gasteiger partial charge in [-0.05, 0) is 13.0 Å². The highest BCUT2D eigenvalue weighted by Gasteiger charge is 2.05. The Bertz CT molecular complexity index is 494. The molecule has 96 valence electrons. The summed E-state index contributed by atoms with van der Waals surface area (Å²) in [6.45, 7) is 4.16. The minimum atomic E-state index is 0.620. The van der Waals surface area contributed by atoms with Crippen LogP contribution in [0.2, 0.25) is 0 Å². The van der Waals surface area contributed by atoms with Crippen LogP contribution in [0.5, 0.6) is 0 Å². The van der Waals surface area contributed by atoms with E-state index in [-0.39, 0.29) is 0 Å². The Labute approximate surface area is 107 Å². The summed E-state index contributed by atoms with van der Waals surface area (Å²) in [7, 11) is 1.68. The quantitative estimate of drug-likeness (QED) is 0.795. The molecule has 0 bridgehead atoms. The second-order valence-electron chi connectivity index (χ2n) is 4.16. The molecule has 0 aliphatic carbocycles. The van der Waals surface area contributed by atoms with Crippen molar-refractivity contribution in [3.63, 3.8) is 0 Å². The van der Waals surface area contributed by atoms with Gasteiger partial charge in [-0.15, -0.1) is 0 Å². The third-order valence-electron chi connectivity index (χ3n) is 2.62. The summed E-state index contributed by atoms with van der Waals surface area (Å²) in [4.78, 5) is 4.25. The topological polar surface area (TPSA) is 47.3 Å². The fourth-order valence-corrected chi connectivity index (χ4v) is 1.69. The summed E-state index contributed by atoms with van der Waals surface area (Å²) in [5.74, 6) is 1.50. The van der Waals surface area contributed by atoms with Crippen molar-refractivity contribution in [1.82, 2.24) is 10.3 Å². The SMILES string of the molecule is COCCNCc1ncc(-c2cccc(C)c2)o1. The highest BCUT2D eigenvalue weighted by Crippen LogP contribution is 2.21. The Morgan fingerprint density at radius 1 is 1.39 bits per heavy atom. The molecule has 0 amide bonds. The third kappa shape index (κ3) is 3.42. The van der Waals surface area contributed by atoms with Gasteiger partial charge in [-0.1, -0.05) is 23.8 Å². The number of oxazole rings is 1. The fourth-order valence-electron chi connectivity index (χ4n) is 1.69. The fraction of sp³-hybridized carbons (Fsp3) is 0.357. The molecule has 0 fully saturated rings. The van der Waals surface area contributed by atoms with Crippen molar-refractivity contribution in [2.75, 3.05) is 20.3 Å². The van der Waals surface area contributed by atoms with Crippen LogP contribution in [0.15, 0.2) is 34.9 Å². The molecule has 0 spiro atoms. The molecule has 2 aromatic rings. The molecule has 2 rings (SSSR count). The van der Waals surface area contributed by atoms with Crippen LogP contribution in [0.1, 0.15) is 11.5 Å². The van der Waals surface area contributed by atoms with Gasteiger partial charge in [-0.3, -0.25) is 0 Å². The van der Waals surface area contributed by atoms with E-state index in [0.29, 0.717) is 19.0 Å². The van der Waals surface area contributed by atoms with Gasteiger partial charge in [-0.25, -0.2) is 4.98 Å². The Hall–Kier alpha value is -1.65. The van der Waals surface area contributed by atoms with Crippen molar-refractivity contribution in [2.24, 2.45) is 0 Å². The van der Waals surface area contributed by atoms with E-state index >= 15 is 0 Å². The minimum absolute atomic E-state index is 0.620. The minimum Gasteiger partial charge on any atom is -0.439 e. The van der Waals surface area contributed by atoms with E-state index in [1.54, 1.807) is 13.3 Å². The van der Waals surface area contributed by atoms with Crippen LogP contribution in [0, 0.1) is 6.92 Å². The normalized spacial score (nSPS) is 10.8. The molecular weight excluding hydrogens is 228 g/mol. The van der Waals surface area contributed by atoms with Crippen molar-refractivity contribution in [2.45, 2.75) is 13.5 Å². The average Bonchev–Trinajstić information content (AvgIpc) is 2.83. The summed E-state index contributed by atoms with van der Waals surface area (Å²) in [5.41, 5.74) is 2.27. The van der Waals surface area contributed by atoms with Crippen molar-refractivity contribution in [3.8, 4) is 11.3 Å². The summed E-state index contributed by atoms with van der Waals surface area (Å²) < 4.78 is 10.6. The van der Waals surface area contributed by atoms with Crippen LogP contribution in [0.25, 0.3) is 11.3 Å². The van der Waals surface area contributed by atoms with Crippen molar-refractivity contribution in [1.29, 1.82) is 0 Å². The number of rotatable bonds is 6. The number of hydrogen-bond donors (Lipinski definition) is 1. The lowest BCUT2D eigenvalue weighted by molar-refractivity contribution is 0.198. The standard InChI is InChI=1S/C14H18N2O2/c1-11-4-3-5-12(8-11)13-9-16-14(18-13)10-15-6-7-17-2/h3-5,8-9,15H,6-7,10H2,1-2H3. The first kappa shape index (κ1) is 12.8. The number of ether oxygens (including phenoxy) is 1. The number of nitrogens with zero attached hydrogens (tertiary/aromatic N) is 1. The molecule has 0 radical (unpaired) electrons. The third-order valence-corrected chi connectivity index (χ3v) is 2.62. The molecule has 1 aromatic carbocycles. The van der Waals surface area contributed by atoms with Crippen molar-refractivity contribution >= 4 is 0 Å². The van der Waals surface area contributed by atoms with Crippen LogP contribution in [0.4, 0.5) is 0 Å². The first-order valence-corrected chi connectivity index (χ1v) is 6.01. The van der Waals surface area contributed by atoms with E-state index in [1.807, 2.05) is 12.1 Å². The number of methoxy groups -OCH3 is 1. The highest BCUT2D eigenvalue weighted by molar-refractivity contribution is 5.57. The molecule has 0 saturated carbocycles. The maximum Gasteiger partial charge on any atom is 0.208 e. The molecule has 4 nitrogen and oxygen atoms in total. The second-order valence-corrected chi connectivity index (χ2v) is 4.16. The van der Waals surface area contributed by atoms with E-state index in [1.165, 1.54) is 5.56 Å². The maximum atomic E-state index is 5.69. The molecular formula is C14H18N2O2. The smallest absolute Gasteiger partial charge is 0.208 e. The summed E-state index contributed by atoms with van der Waals surface area (Å²) in [6, 6.07) is 8.19. The number of aromatic nitrogens is 1. The van der Waals surface area contributed by atoms with Crippen LogP contribution in [0.3, 0.4) is 0 Å². The Morgan fingerprint density at radius 2 is 2.28 bits per heavy atom. The average molecular weight is 246 g/mol. The van der Waals surface area contributed by atoms with Crippen LogP contribution >= 0.6 is 0 Å². The van der Waals surface area contributed by atoms with Gasteiger partial charge in [0.1, 0.15) is 0 Å². The Kier molecular flexibility index (Phi) is 4.50. The lowest BCUT2D eigenvalue weighted by Gasteiger charge is -2.00. The number of hydrogen-bond acceptors (Lipinski definition) is 4. The number of benzene rings is 1. The summed E-state index contributed by atoms with van der Waals surface area (Å²) in [5, 5.41) is 3.20. The number of aryl methyl sites for hydroxylation is 1. The maximum absolute atomic E-state index is 5.69. The lowest BCUT2D eigenvalue weighted by atomic mass is 10.1. The van der Waals surface area contributed by atoms with Gasteiger partial charge in [0.15, 0.2) is 5.76 Å². The van der Waals surface area contributed by atoms with Crippen molar-refractivity contribution in [3.05, 3.63) is 41.9 Å². The molecule has 4 heteroatoms. The van der Waals surface area contributed by atoms with Gasteiger partial charge in [-0.2, -0.15) is 0 Å². The monoisotopic (exact) mass is 246 g/mol. The predicted octanol–water partition coefficient (Wildman–Crippen LogP) is 2.39. The Balaban J connectivity index is 1.97. The van der Waals surface area contributed by atoms with Crippen molar-refractivity contribution < 1.29 is 9.15 Å². The Morgan fingerprint density at radius 3 is 3.06 bits per heavy atom. The predicted molar refractivity (Wildman–Crippen MR) is 70.3 cm³/mol. The summed E-state index contributed by atoms with van der Waals surface area (Å²) in [6.07, 6.45) is 1.77. The van der Waals surface area contributed by atoms with Gasteiger partial charge in [0.25, 0.3) is 0 Å². The molecule has 0 aliphatic rings. The molecule has 18 heavy (non-hydrogen) atoms. The zero-order valence-electron chi connectivity index (χ0n) is 10.8. The van der Waals surface area contributed by atoms with Gasteiger partial charge >= 0.3 is 0 Å². The molecule has 1 heterocycles. The highest BCUT2D eigenvalue weighted by atomic mass is 16.5. The van der Waals surface area contributed by atoms with E-state index < -0.39 is 0 Å². The first-order chi connectivity index (χ1) is 8.79. The molecule has 0 saturated heterocycles. The lowest BCUT2D eigenvalue weighted by Crippen LogP contribution is -2.18. The van der Waals surface area contributed by atoms with Gasteiger partial charge in [0, 0.05) is 19.2 Å². The van der Waals surface area contributed by atoms with Gasteiger partial charge in [0.05, 0.1) is 19.3 Å². The molecule has 1 aromatic heterocycles. The van der Waals surface area contributed by atoms with Crippen LogP contribution in [-0.2, 0) is 11.3 Å². The number of nitrogens with one attached hydrogen (secondary N) is 1. The first-order valence-electron chi connectivity index (χ1n) is 6.01.